The highest BCUT2D eigenvalue weighted by Gasteiger charge is 2.29. The lowest BCUT2D eigenvalue weighted by Gasteiger charge is -2.31. The van der Waals surface area contributed by atoms with E-state index in [4.69, 9.17) is 16.3 Å². The van der Waals surface area contributed by atoms with Gasteiger partial charge in [-0.05, 0) is 23.3 Å². The Morgan fingerprint density at radius 1 is 1.10 bits per heavy atom. The van der Waals surface area contributed by atoms with Gasteiger partial charge in [-0.25, -0.2) is 0 Å². The van der Waals surface area contributed by atoms with Crippen molar-refractivity contribution in [3.8, 4) is 0 Å². The third-order valence-electron chi connectivity index (χ3n) is 5.18. The lowest BCUT2D eigenvalue weighted by Crippen LogP contribution is -2.45. The van der Waals surface area contributed by atoms with E-state index in [0.29, 0.717) is 18.1 Å². The predicted molar refractivity (Wildman–Crippen MR) is 117 cm³/mol. The molecule has 1 saturated heterocycles. The largest absolute Gasteiger partial charge is 0.379 e. The maximum atomic E-state index is 13.2. The Hall–Kier alpha value is -2.41. The summed E-state index contributed by atoms with van der Waals surface area (Å²) in [7, 11) is 0. The third kappa shape index (κ3) is 6.29. The summed E-state index contributed by atoms with van der Waals surface area (Å²) in [5.74, 6) is -0.347. The van der Waals surface area contributed by atoms with Crippen molar-refractivity contribution in [1.82, 2.24) is 15.1 Å². The molecule has 30 heavy (non-hydrogen) atoms. The Bertz CT molecular complexity index is 823. The van der Waals surface area contributed by atoms with E-state index in [0.717, 1.165) is 44.0 Å². The van der Waals surface area contributed by atoms with Crippen LogP contribution in [-0.4, -0.2) is 61.0 Å². The van der Waals surface area contributed by atoms with Crippen LogP contribution in [0.25, 0.3) is 0 Å². The molecule has 1 atom stereocenters. The average molecular weight is 430 g/mol. The lowest BCUT2D eigenvalue weighted by atomic mass is 10.0. The Balaban J connectivity index is 1.74. The van der Waals surface area contributed by atoms with Crippen molar-refractivity contribution >= 4 is 23.4 Å². The molecule has 0 saturated carbocycles. The minimum absolute atomic E-state index is 0.165. The van der Waals surface area contributed by atoms with Crippen LogP contribution < -0.4 is 5.32 Å². The molecule has 1 heterocycles. The molecule has 6 nitrogen and oxygen atoms in total. The fraction of sp³-hybridized carbons (Fsp3) is 0.391. The first kappa shape index (κ1) is 22.3. The van der Waals surface area contributed by atoms with Gasteiger partial charge in [-0.15, -0.1) is 0 Å². The summed E-state index contributed by atoms with van der Waals surface area (Å²) >= 11 is 5.98. The van der Waals surface area contributed by atoms with Crippen molar-refractivity contribution in [2.75, 3.05) is 39.4 Å². The second-order valence-corrected chi connectivity index (χ2v) is 7.77. The molecule has 0 aromatic heterocycles. The molecular formula is C23H28ClN3O3. The zero-order valence-electron chi connectivity index (χ0n) is 17.2. The number of morpholine rings is 1. The van der Waals surface area contributed by atoms with E-state index in [-0.39, 0.29) is 11.8 Å². The molecule has 1 aliphatic heterocycles. The van der Waals surface area contributed by atoms with E-state index in [1.54, 1.807) is 17.0 Å². The van der Waals surface area contributed by atoms with Crippen LogP contribution in [0.1, 0.15) is 24.1 Å². The first-order valence-corrected chi connectivity index (χ1v) is 10.6. The monoisotopic (exact) mass is 429 g/mol. The molecule has 0 aliphatic carbocycles. The molecule has 0 bridgehead atoms. The molecule has 3 rings (SSSR count). The normalized spacial score (nSPS) is 15.4. The highest BCUT2D eigenvalue weighted by molar-refractivity contribution is 6.30. The quantitative estimate of drug-likeness (QED) is 0.701. The Kier molecular flexibility index (Phi) is 8.25. The van der Waals surface area contributed by atoms with Gasteiger partial charge in [-0.1, -0.05) is 54.1 Å². The minimum Gasteiger partial charge on any atom is -0.379 e. The number of amides is 2. The van der Waals surface area contributed by atoms with E-state index in [1.165, 1.54) is 6.92 Å². The number of halogens is 1. The first-order chi connectivity index (χ1) is 14.5. The molecule has 2 aromatic carbocycles. The van der Waals surface area contributed by atoms with Crippen LogP contribution in [0.4, 0.5) is 0 Å². The number of hydrogen-bond acceptors (Lipinski definition) is 4. The first-order valence-electron chi connectivity index (χ1n) is 10.2. The maximum Gasteiger partial charge on any atom is 0.247 e. The molecule has 0 unspecified atom stereocenters. The van der Waals surface area contributed by atoms with E-state index < -0.39 is 6.04 Å². The van der Waals surface area contributed by atoms with Crippen molar-refractivity contribution in [3.05, 3.63) is 70.7 Å². The number of ether oxygens (including phenoxy) is 1. The van der Waals surface area contributed by atoms with Gasteiger partial charge < -0.3 is 15.0 Å². The molecule has 1 fully saturated rings. The molecule has 7 heteroatoms. The van der Waals surface area contributed by atoms with Gasteiger partial charge >= 0.3 is 0 Å². The number of benzene rings is 2. The summed E-state index contributed by atoms with van der Waals surface area (Å²) < 4.78 is 5.36. The highest BCUT2D eigenvalue weighted by Crippen LogP contribution is 2.24. The fourth-order valence-corrected chi connectivity index (χ4v) is 3.66. The molecular weight excluding hydrogens is 402 g/mol. The van der Waals surface area contributed by atoms with Crippen LogP contribution in [0.5, 0.6) is 0 Å². The molecule has 0 radical (unpaired) electrons. The number of hydrogen-bond donors (Lipinski definition) is 1. The number of carbonyl (C=O) groups excluding carboxylic acids is 2. The number of nitrogens with one attached hydrogen (secondary N) is 1. The van der Waals surface area contributed by atoms with Crippen LogP contribution in [0, 0.1) is 0 Å². The maximum absolute atomic E-state index is 13.2. The van der Waals surface area contributed by atoms with Crippen LogP contribution in [0.15, 0.2) is 54.6 Å². The summed E-state index contributed by atoms with van der Waals surface area (Å²) in [6, 6.07) is 16.0. The highest BCUT2D eigenvalue weighted by atomic mass is 35.5. The summed E-state index contributed by atoms with van der Waals surface area (Å²) in [5, 5.41) is 3.66. The van der Waals surface area contributed by atoms with Crippen LogP contribution in [-0.2, 0) is 20.9 Å². The molecule has 160 valence electrons. The Labute approximate surface area is 182 Å². The van der Waals surface area contributed by atoms with Crippen LogP contribution in [0.2, 0.25) is 5.02 Å². The second kappa shape index (κ2) is 11.1. The average Bonchev–Trinajstić information content (AvgIpc) is 2.76. The van der Waals surface area contributed by atoms with Crippen molar-refractivity contribution in [2.24, 2.45) is 0 Å². The minimum atomic E-state index is -0.705. The number of nitrogens with zero attached hydrogens (tertiary/aromatic N) is 2. The van der Waals surface area contributed by atoms with Gasteiger partial charge in [0.1, 0.15) is 6.04 Å². The topological polar surface area (TPSA) is 61.9 Å². The second-order valence-electron chi connectivity index (χ2n) is 7.33. The zero-order chi connectivity index (χ0) is 21.3. The van der Waals surface area contributed by atoms with E-state index in [1.807, 2.05) is 42.5 Å². The van der Waals surface area contributed by atoms with Gasteiger partial charge in [0, 0.05) is 44.7 Å². The Morgan fingerprint density at radius 2 is 1.77 bits per heavy atom. The summed E-state index contributed by atoms with van der Waals surface area (Å²) in [5.41, 5.74) is 1.70. The lowest BCUT2D eigenvalue weighted by molar-refractivity contribution is -0.140. The van der Waals surface area contributed by atoms with Crippen molar-refractivity contribution in [3.63, 3.8) is 0 Å². The number of rotatable bonds is 8. The fourth-order valence-electron chi connectivity index (χ4n) is 3.54. The van der Waals surface area contributed by atoms with Gasteiger partial charge in [0.2, 0.25) is 11.8 Å². The van der Waals surface area contributed by atoms with E-state index >= 15 is 0 Å². The third-order valence-corrected chi connectivity index (χ3v) is 5.43. The summed E-state index contributed by atoms with van der Waals surface area (Å²) in [6.45, 7) is 6.28. The SMILES string of the molecule is CC(=O)N(Cc1ccc(Cl)cc1)[C@@H](C(=O)NCCN1CCOCC1)c1ccccc1. The van der Waals surface area contributed by atoms with Gasteiger partial charge in [0.15, 0.2) is 0 Å². The Morgan fingerprint density at radius 3 is 2.40 bits per heavy atom. The molecule has 0 spiro atoms. The van der Waals surface area contributed by atoms with Crippen LogP contribution in [0.3, 0.4) is 0 Å². The van der Waals surface area contributed by atoms with Gasteiger partial charge in [0.05, 0.1) is 13.2 Å². The molecule has 1 N–H and O–H groups in total. The summed E-state index contributed by atoms with van der Waals surface area (Å²) in [4.78, 5) is 29.6. The van der Waals surface area contributed by atoms with Crippen molar-refractivity contribution in [1.29, 1.82) is 0 Å². The van der Waals surface area contributed by atoms with Gasteiger partial charge in [-0.3, -0.25) is 14.5 Å². The van der Waals surface area contributed by atoms with Gasteiger partial charge in [0.25, 0.3) is 0 Å². The predicted octanol–water partition coefficient (Wildman–Crippen LogP) is 2.88. The molecule has 1 aliphatic rings. The summed E-state index contributed by atoms with van der Waals surface area (Å²) in [6.07, 6.45) is 0. The van der Waals surface area contributed by atoms with E-state index in [2.05, 4.69) is 10.2 Å². The van der Waals surface area contributed by atoms with Gasteiger partial charge in [-0.2, -0.15) is 0 Å². The molecule has 2 amide bonds. The van der Waals surface area contributed by atoms with E-state index in [9.17, 15) is 9.59 Å². The smallest absolute Gasteiger partial charge is 0.247 e. The van der Waals surface area contributed by atoms with Crippen LogP contribution >= 0.6 is 11.6 Å². The van der Waals surface area contributed by atoms with Crippen molar-refractivity contribution in [2.45, 2.75) is 19.5 Å². The number of carbonyl (C=O) groups is 2. The van der Waals surface area contributed by atoms with Crippen molar-refractivity contribution < 1.29 is 14.3 Å². The zero-order valence-corrected chi connectivity index (χ0v) is 18.0. The standard InChI is InChI=1S/C23H28ClN3O3/c1-18(28)27(17-19-7-9-21(24)10-8-19)22(20-5-3-2-4-6-20)23(29)25-11-12-26-13-15-30-16-14-26/h2-10,22H,11-17H2,1H3,(H,25,29)/t22-/m1/s1. The molecule has 2 aromatic rings.